The van der Waals surface area contributed by atoms with E-state index in [1.54, 1.807) is 6.07 Å². The van der Waals surface area contributed by atoms with E-state index in [0.717, 1.165) is 5.56 Å². The first kappa shape index (κ1) is 13.0. The van der Waals surface area contributed by atoms with Gasteiger partial charge in [0.15, 0.2) is 0 Å². The van der Waals surface area contributed by atoms with Gasteiger partial charge in [0.25, 0.3) is 0 Å². The molecule has 1 heterocycles. The summed E-state index contributed by atoms with van der Waals surface area (Å²) in [5.41, 5.74) is 1.69. The van der Waals surface area contributed by atoms with Gasteiger partial charge >= 0.3 is 6.36 Å². The molecule has 0 spiro atoms. The van der Waals surface area contributed by atoms with Gasteiger partial charge in [0.2, 0.25) is 0 Å². The number of halogens is 3. The second-order valence-corrected chi connectivity index (χ2v) is 4.51. The van der Waals surface area contributed by atoms with Crippen molar-refractivity contribution in [2.45, 2.75) is 18.6 Å². The molecule has 2 nitrogen and oxygen atoms in total. The first-order chi connectivity index (χ1) is 9.53. The van der Waals surface area contributed by atoms with Crippen molar-refractivity contribution in [2.24, 2.45) is 0 Å². The smallest absolute Gasteiger partial charge is 0.406 e. The lowest BCUT2D eigenvalue weighted by atomic mass is 10.0. The quantitative estimate of drug-likeness (QED) is 0.777. The summed E-state index contributed by atoms with van der Waals surface area (Å²) in [4.78, 5) is 0. The predicted octanol–water partition coefficient (Wildman–Crippen LogP) is 4.40. The Bertz CT molecular complexity index is 596. The molecule has 1 aliphatic rings. The summed E-state index contributed by atoms with van der Waals surface area (Å²) >= 11 is 0. The number of rotatable bonds is 3. The van der Waals surface area contributed by atoms with Crippen LogP contribution in [0.2, 0.25) is 0 Å². The minimum Gasteiger partial charge on any atom is -0.406 e. The number of benzene rings is 2. The van der Waals surface area contributed by atoms with Crippen molar-refractivity contribution in [3.8, 4) is 5.75 Å². The summed E-state index contributed by atoms with van der Waals surface area (Å²) in [5, 5.41) is 0. The third kappa shape index (κ3) is 2.93. The summed E-state index contributed by atoms with van der Waals surface area (Å²) in [6, 6.07) is 15.5. The van der Waals surface area contributed by atoms with E-state index >= 15 is 0 Å². The van der Waals surface area contributed by atoms with Crippen LogP contribution in [0.25, 0.3) is 0 Å². The van der Waals surface area contributed by atoms with E-state index in [-0.39, 0.29) is 18.0 Å². The molecule has 1 saturated heterocycles. The minimum atomic E-state index is -4.68. The molecule has 0 aromatic heterocycles. The van der Waals surface area contributed by atoms with Crippen LogP contribution in [0.15, 0.2) is 54.6 Å². The highest BCUT2D eigenvalue weighted by Gasteiger charge is 2.41. The second-order valence-electron chi connectivity index (χ2n) is 4.51. The molecule has 0 aliphatic carbocycles. The van der Waals surface area contributed by atoms with Crippen LogP contribution in [0.1, 0.15) is 23.3 Å². The molecule has 104 valence electrons. The molecule has 0 N–H and O–H groups in total. The molecule has 0 bridgehead atoms. The van der Waals surface area contributed by atoms with E-state index < -0.39 is 6.36 Å². The zero-order valence-electron chi connectivity index (χ0n) is 10.3. The van der Waals surface area contributed by atoms with Gasteiger partial charge in [-0.2, -0.15) is 0 Å². The van der Waals surface area contributed by atoms with Crippen molar-refractivity contribution < 1.29 is 22.6 Å². The molecule has 0 saturated carbocycles. The van der Waals surface area contributed by atoms with Crippen LogP contribution < -0.4 is 4.74 Å². The summed E-state index contributed by atoms with van der Waals surface area (Å²) in [6.07, 6.45) is -4.99. The fraction of sp³-hybridized carbons (Fsp3) is 0.200. The van der Waals surface area contributed by atoms with E-state index in [9.17, 15) is 13.2 Å². The Kier molecular flexibility index (Phi) is 3.14. The minimum absolute atomic E-state index is 0.0997. The summed E-state index contributed by atoms with van der Waals surface area (Å²) in [7, 11) is 0. The summed E-state index contributed by atoms with van der Waals surface area (Å²) in [6.45, 7) is 0. The van der Waals surface area contributed by atoms with Gasteiger partial charge in [-0.1, -0.05) is 42.5 Å². The maximum Gasteiger partial charge on any atom is 0.573 e. The highest BCUT2D eigenvalue weighted by Crippen LogP contribution is 2.51. The zero-order chi connectivity index (χ0) is 14.2. The Hall–Kier alpha value is -2.01. The Morgan fingerprint density at radius 1 is 0.850 bits per heavy atom. The molecule has 2 atom stereocenters. The van der Waals surface area contributed by atoms with E-state index in [1.165, 1.54) is 18.2 Å². The first-order valence-electron chi connectivity index (χ1n) is 6.09. The molecule has 2 aromatic carbocycles. The third-order valence-corrected chi connectivity index (χ3v) is 3.04. The molecular formula is C15H11F3O2. The van der Waals surface area contributed by atoms with Crippen molar-refractivity contribution in [2.75, 3.05) is 0 Å². The van der Waals surface area contributed by atoms with Crippen molar-refractivity contribution in [3.63, 3.8) is 0 Å². The molecule has 2 unspecified atom stereocenters. The van der Waals surface area contributed by atoms with Crippen LogP contribution in [0.3, 0.4) is 0 Å². The van der Waals surface area contributed by atoms with Crippen LogP contribution in [0.4, 0.5) is 13.2 Å². The molecule has 1 aliphatic heterocycles. The van der Waals surface area contributed by atoms with Gasteiger partial charge in [0.05, 0.1) is 0 Å². The fourth-order valence-electron chi connectivity index (χ4n) is 2.15. The van der Waals surface area contributed by atoms with Gasteiger partial charge in [-0.15, -0.1) is 13.2 Å². The predicted molar refractivity (Wildman–Crippen MR) is 66.1 cm³/mol. The highest BCUT2D eigenvalue weighted by molar-refractivity contribution is 5.35. The van der Waals surface area contributed by atoms with Gasteiger partial charge in [0.1, 0.15) is 18.0 Å². The number of ether oxygens (including phenoxy) is 2. The number of hydrogen-bond acceptors (Lipinski definition) is 2. The Balaban J connectivity index is 1.75. The van der Waals surface area contributed by atoms with Gasteiger partial charge in [-0.05, 0) is 23.3 Å². The molecule has 20 heavy (non-hydrogen) atoms. The first-order valence-corrected chi connectivity index (χ1v) is 6.09. The van der Waals surface area contributed by atoms with Gasteiger partial charge in [-0.25, -0.2) is 0 Å². The Morgan fingerprint density at radius 3 is 2.20 bits per heavy atom. The van der Waals surface area contributed by atoms with Crippen molar-refractivity contribution in [3.05, 3.63) is 65.7 Å². The number of epoxide rings is 1. The van der Waals surface area contributed by atoms with Gasteiger partial charge in [-0.3, -0.25) is 0 Å². The van der Waals surface area contributed by atoms with Crippen LogP contribution in [-0.4, -0.2) is 6.36 Å². The van der Waals surface area contributed by atoms with E-state index in [4.69, 9.17) is 4.74 Å². The lowest BCUT2D eigenvalue weighted by Crippen LogP contribution is -2.17. The zero-order valence-corrected chi connectivity index (χ0v) is 10.3. The third-order valence-electron chi connectivity index (χ3n) is 3.04. The Labute approximate surface area is 113 Å². The average molecular weight is 280 g/mol. The van der Waals surface area contributed by atoms with Gasteiger partial charge < -0.3 is 9.47 Å². The lowest BCUT2D eigenvalue weighted by molar-refractivity contribution is -0.274. The number of hydrogen-bond donors (Lipinski definition) is 0. The van der Waals surface area contributed by atoms with Crippen molar-refractivity contribution >= 4 is 0 Å². The number of alkyl halides is 3. The fourth-order valence-corrected chi connectivity index (χ4v) is 2.15. The molecule has 2 aromatic rings. The second kappa shape index (κ2) is 4.83. The maximum absolute atomic E-state index is 12.2. The van der Waals surface area contributed by atoms with Crippen LogP contribution >= 0.6 is 0 Å². The molecule has 0 radical (unpaired) electrons. The standard InChI is InChI=1S/C15H11F3O2/c16-15(17,18)20-12-8-4-7-11(9-12)14-13(19-14)10-5-2-1-3-6-10/h1-9,13-14H. The molecule has 0 amide bonds. The largest absolute Gasteiger partial charge is 0.573 e. The van der Waals surface area contributed by atoms with E-state index in [2.05, 4.69) is 4.74 Å². The maximum atomic E-state index is 12.2. The normalized spacial score (nSPS) is 21.6. The average Bonchev–Trinajstić information content (AvgIpc) is 3.18. The van der Waals surface area contributed by atoms with Gasteiger partial charge in [0, 0.05) is 0 Å². The van der Waals surface area contributed by atoms with E-state index in [1.807, 2.05) is 30.3 Å². The molecule has 1 fully saturated rings. The van der Waals surface area contributed by atoms with Crippen molar-refractivity contribution in [1.29, 1.82) is 0 Å². The highest BCUT2D eigenvalue weighted by atomic mass is 19.4. The monoisotopic (exact) mass is 280 g/mol. The van der Waals surface area contributed by atoms with Crippen LogP contribution in [0, 0.1) is 0 Å². The lowest BCUT2D eigenvalue weighted by Gasteiger charge is -2.09. The SMILES string of the molecule is FC(F)(F)Oc1cccc(C2OC2c2ccccc2)c1. The van der Waals surface area contributed by atoms with E-state index in [0.29, 0.717) is 5.56 Å². The molecule has 5 heteroatoms. The van der Waals surface area contributed by atoms with Crippen molar-refractivity contribution in [1.82, 2.24) is 0 Å². The molecular weight excluding hydrogens is 269 g/mol. The summed E-state index contributed by atoms with van der Waals surface area (Å²) < 4.78 is 46.0. The van der Waals surface area contributed by atoms with Crippen LogP contribution in [0.5, 0.6) is 5.75 Å². The molecule has 3 rings (SSSR count). The topological polar surface area (TPSA) is 21.8 Å². The van der Waals surface area contributed by atoms with Crippen LogP contribution in [-0.2, 0) is 4.74 Å². The Morgan fingerprint density at radius 2 is 1.50 bits per heavy atom. The summed E-state index contributed by atoms with van der Waals surface area (Å²) in [5.74, 6) is -0.225.